The van der Waals surface area contributed by atoms with Crippen LogP contribution < -0.4 is 15.8 Å². The number of aryl methyl sites for hydroxylation is 1. The number of anilines is 2. The van der Waals surface area contributed by atoms with Crippen LogP contribution in [0.25, 0.3) is 0 Å². The number of carbonyl (C=O) groups excluding carboxylic acids is 2. The second kappa shape index (κ2) is 7.93. The number of hydrogen-bond acceptors (Lipinski definition) is 5. The van der Waals surface area contributed by atoms with Gasteiger partial charge in [0, 0.05) is 5.69 Å². The van der Waals surface area contributed by atoms with Gasteiger partial charge >= 0.3 is 0 Å². The lowest BCUT2D eigenvalue weighted by molar-refractivity contribution is 0.102. The lowest BCUT2D eigenvalue weighted by Crippen LogP contribution is -2.18. The molecule has 28 heavy (non-hydrogen) atoms. The smallest absolute Gasteiger partial charge is 0.265 e. The quantitative estimate of drug-likeness (QED) is 0.593. The third-order valence-electron chi connectivity index (χ3n) is 3.92. The summed E-state index contributed by atoms with van der Waals surface area (Å²) in [5.41, 5.74) is 1.34. The van der Waals surface area contributed by atoms with Crippen molar-refractivity contribution in [2.75, 3.05) is 10.6 Å². The Bertz CT molecular complexity index is 1140. The Labute approximate surface area is 166 Å². The van der Waals surface area contributed by atoms with E-state index < -0.39 is 15.9 Å². The number of amides is 2. The number of nitrogens with one attached hydrogen (secondary N) is 2. The van der Waals surface area contributed by atoms with Gasteiger partial charge in [-0.3, -0.25) is 9.59 Å². The molecule has 0 saturated carbocycles. The van der Waals surface area contributed by atoms with Crippen molar-refractivity contribution in [1.29, 1.82) is 0 Å². The van der Waals surface area contributed by atoms with Crippen LogP contribution >= 0.6 is 11.3 Å². The van der Waals surface area contributed by atoms with Gasteiger partial charge in [-0.2, -0.15) is 0 Å². The molecule has 4 N–H and O–H groups in total. The molecule has 0 spiro atoms. The first-order valence-electron chi connectivity index (χ1n) is 8.14. The van der Waals surface area contributed by atoms with E-state index in [1.807, 2.05) is 0 Å². The molecule has 0 atom stereocenters. The fraction of sp³-hybridized carbons (Fsp3) is 0.0526. The Morgan fingerprint density at radius 2 is 1.71 bits per heavy atom. The van der Waals surface area contributed by atoms with E-state index in [1.54, 1.807) is 60.8 Å². The topological polar surface area (TPSA) is 118 Å². The molecule has 3 aromatic rings. The van der Waals surface area contributed by atoms with Crippen LogP contribution in [0.2, 0.25) is 0 Å². The maximum atomic E-state index is 12.7. The van der Waals surface area contributed by atoms with Crippen molar-refractivity contribution in [1.82, 2.24) is 0 Å². The summed E-state index contributed by atoms with van der Waals surface area (Å²) in [7, 11) is -3.91. The van der Waals surface area contributed by atoms with E-state index >= 15 is 0 Å². The Morgan fingerprint density at radius 1 is 0.964 bits per heavy atom. The lowest BCUT2D eigenvalue weighted by atomic mass is 10.1. The second-order valence-corrected chi connectivity index (χ2v) is 8.43. The van der Waals surface area contributed by atoms with Gasteiger partial charge in [-0.05, 0) is 48.2 Å². The second-order valence-electron chi connectivity index (χ2n) is 5.96. The number of hydrogen-bond donors (Lipinski definition) is 3. The third-order valence-corrected chi connectivity index (χ3v) is 5.84. The SMILES string of the molecule is Cc1ccc(NC(=O)c2ccccc2NC(=O)c2cccs2)cc1S(N)(=O)=O. The van der Waals surface area contributed by atoms with Crippen molar-refractivity contribution in [3.8, 4) is 0 Å². The molecular weight excluding hydrogens is 398 g/mol. The molecule has 2 aromatic carbocycles. The molecule has 1 heterocycles. The first kappa shape index (κ1) is 19.7. The van der Waals surface area contributed by atoms with Gasteiger partial charge in [0.2, 0.25) is 10.0 Å². The maximum absolute atomic E-state index is 12.7. The number of thiophene rings is 1. The standard InChI is InChI=1S/C19H17N3O4S2/c1-12-8-9-13(11-17(12)28(20,25)26)21-18(23)14-5-2-3-6-15(14)22-19(24)16-7-4-10-27-16/h2-11H,1H3,(H,21,23)(H,22,24)(H2,20,25,26). The van der Waals surface area contributed by atoms with Gasteiger partial charge in [-0.25, -0.2) is 13.6 Å². The molecule has 0 radical (unpaired) electrons. The van der Waals surface area contributed by atoms with Crippen molar-refractivity contribution in [3.63, 3.8) is 0 Å². The van der Waals surface area contributed by atoms with Crippen LogP contribution in [0, 0.1) is 6.92 Å². The highest BCUT2D eigenvalue weighted by Crippen LogP contribution is 2.22. The van der Waals surface area contributed by atoms with Gasteiger partial charge in [-0.1, -0.05) is 24.3 Å². The van der Waals surface area contributed by atoms with Gasteiger partial charge in [0.25, 0.3) is 11.8 Å². The average molecular weight is 415 g/mol. The Kier molecular flexibility index (Phi) is 5.59. The van der Waals surface area contributed by atoms with Crippen molar-refractivity contribution in [2.45, 2.75) is 11.8 Å². The number of rotatable bonds is 5. The summed E-state index contributed by atoms with van der Waals surface area (Å²) in [5, 5.41) is 12.4. The number of carbonyl (C=O) groups is 2. The van der Waals surface area contributed by atoms with Gasteiger partial charge in [0.1, 0.15) is 0 Å². The molecule has 9 heteroatoms. The Balaban J connectivity index is 1.85. The van der Waals surface area contributed by atoms with Crippen molar-refractivity contribution in [3.05, 3.63) is 76.0 Å². The molecule has 0 aliphatic heterocycles. The number of nitrogens with two attached hydrogens (primary N) is 1. The maximum Gasteiger partial charge on any atom is 0.265 e. The fourth-order valence-electron chi connectivity index (χ4n) is 2.56. The summed E-state index contributed by atoms with van der Waals surface area (Å²) in [6.45, 7) is 1.61. The van der Waals surface area contributed by atoms with Crippen LogP contribution in [0.15, 0.2) is 64.9 Å². The van der Waals surface area contributed by atoms with E-state index in [-0.39, 0.29) is 22.1 Å². The van der Waals surface area contributed by atoms with E-state index in [1.165, 1.54) is 17.4 Å². The third kappa shape index (κ3) is 4.45. The summed E-state index contributed by atoms with van der Waals surface area (Å²) in [6.07, 6.45) is 0. The number of sulfonamides is 1. The van der Waals surface area contributed by atoms with E-state index in [0.29, 0.717) is 16.1 Å². The zero-order valence-electron chi connectivity index (χ0n) is 14.8. The molecule has 7 nitrogen and oxygen atoms in total. The minimum absolute atomic E-state index is 0.0652. The van der Waals surface area contributed by atoms with Gasteiger partial charge in [-0.15, -0.1) is 11.3 Å². The number of benzene rings is 2. The normalized spacial score (nSPS) is 11.1. The molecule has 1 aromatic heterocycles. The molecule has 0 saturated heterocycles. The van der Waals surface area contributed by atoms with Gasteiger partial charge in [0.05, 0.1) is 21.0 Å². The lowest BCUT2D eigenvalue weighted by Gasteiger charge is -2.12. The highest BCUT2D eigenvalue weighted by molar-refractivity contribution is 7.89. The largest absolute Gasteiger partial charge is 0.322 e. The summed E-state index contributed by atoms with van der Waals surface area (Å²) in [5.74, 6) is -0.812. The average Bonchev–Trinajstić information content (AvgIpc) is 3.17. The summed E-state index contributed by atoms with van der Waals surface area (Å²) in [4.78, 5) is 25.5. The van der Waals surface area contributed by atoms with Crippen molar-refractivity contribution >= 4 is 44.5 Å². The number of para-hydroxylation sites is 1. The van der Waals surface area contributed by atoms with Crippen LogP contribution in [0.5, 0.6) is 0 Å². The molecule has 0 fully saturated rings. The molecule has 2 amide bonds. The van der Waals surface area contributed by atoms with Crippen molar-refractivity contribution in [2.24, 2.45) is 5.14 Å². The van der Waals surface area contributed by atoms with E-state index in [0.717, 1.165) is 0 Å². The van der Waals surface area contributed by atoms with E-state index in [4.69, 9.17) is 5.14 Å². The Hall–Kier alpha value is -3.01. The highest BCUT2D eigenvalue weighted by Gasteiger charge is 2.17. The minimum Gasteiger partial charge on any atom is -0.322 e. The van der Waals surface area contributed by atoms with Crippen LogP contribution in [0.3, 0.4) is 0 Å². The zero-order chi connectivity index (χ0) is 20.3. The van der Waals surface area contributed by atoms with E-state index in [9.17, 15) is 18.0 Å². The van der Waals surface area contributed by atoms with Gasteiger partial charge < -0.3 is 10.6 Å². The molecule has 0 aliphatic carbocycles. The monoisotopic (exact) mass is 415 g/mol. The molecule has 144 valence electrons. The number of primary sulfonamides is 1. The van der Waals surface area contributed by atoms with Crippen LogP contribution in [0.1, 0.15) is 25.6 Å². The zero-order valence-corrected chi connectivity index (χ0v) is 16.4. The minimum atomic E-state index is -3.91. The summed E-state index contributed by atoms with van der Waals surface area (Å²) in [6, 6.07) is 14.4. The highest BCUT2D eigenvalue weighted by atomic mass is 32.2. The Morgan fingerprint density at radius 3 is 2.39 bits per heavy atom. The summed E-state index contributed by atoms with van der Waals surface area (Å²) >= 11 is 1.29. The first-order chi connectivity index (χ1) is 13.3. The van der Waals surface area contributed by atoms with E-state index in [2.05, 4.69) is 10.6 Å². The van der Waals surface area contributed by atoms with Crippen LogP contribution in [0.4, 0.5) is 11.4 Å². The molecule has 0 unspecified atom stereocenters. The van der Waals surface area contributed by atoms with Crippen LogP contribution in [-0.2, 0) is 10.0 Å². The fourth-order valence-corrected chi connectivity index (χ4v) is 3.99. The van der Waals surface area contributed by atoms with Gasteiger partial charge in [0.15, 0.2) is 0 Å². The predicted molar refractivity (Wildman–Crippen MR) is 109 cm³/mol. The predicted octanol–water partition coefficient (Wildman–Crippen LogP) is 3.21. The van der Waals surface area contributed by atoms with Crippen molar-refractivity contribution < 1.29 is 18.0 Å². The molecule has 0 aliphatic rings. The molecule has 3 rings (SSSR count). The molecular formula is C19H17N3O4S2. The molecule has 0 bridgehead atoms. The first-order valence-corrected chi connectivity index (χ1v) is 10.6. The summed E-state index contributed by atoms with van der Waals surface area (Å²) < 4.78 is 23.3. The van der Waals surface area contributed by atoms with Crippen LogP contribution in [-0.4, -0.2) is 20.2 Å².